The molecule has 2 aliphatic heterocycles. The SMILES string of the molecule is O=C1C(=O)N(c2ccccc2)C(c2ccc(Cl)cc2)/C1=C(/O)c1ccc2c(c1)CCCO2. The quantitative estimate of drug-likeness (QED) is 0.338. The standard InChI is InChI=1S/C26H20ClNO4/c27-19-11-8-16(9-12-19)23-22(25(30)26(31)28(23)20-6-2-1-3-7-20)24(29)18-10-13-21-17(15-18)5-4-14-32-21/h1-3,6-13,15,23,29H,4-5,14H2/b24-22-. The number of aryl methyl sites for hydroxylation is 1. The molecular weight excluding hydrogens is 426 g/mol. The Morgan fingerprint density at radius 1 is 1.00 bits per heavy atom. The Morgan fingerprint density at radius 3 is 2.50 bits per heavy atom. The maximum absolute atomic E-state index is 13.2. The number of anilines is 1. The Balaban J connectivity index is 1.69. The van der Waals surface area contributed by atoms with E-state index in [1.165, 1.54) is 4.90 Å². The number of halogens is 1. The number of aliphatic hydroxyl groups is 1. The molecule has 0 bridgehead atoms. The molecule has 2 heterocycles. The molecule has 0 radical (unpaired) electrons. The second kappa shape index (κ2) is 8.17. The van der Waals surface area contributed by atoms with E-state index < -0.39 is 17.7 Å². The van der Waals surface area contributed by atoms with E-state index in [1.54, 1.807) is 60.7 Å². The number of para-hydroxylation sites is 1. The van der Waals surface area contributed by atoms with E-state index in [4.69, 9.17) is 16.3 Å². The van der Waals surface area contributed by atoms with Crippen molar-refractivity contribution in [2.45, 2.75) is 18.9 Å². The van der Waals surface area contributed by atoms with Gasteiger partial charge in [-0.3, -0.25) is 14.5 Å². The summed E-state index contributed by atoms with van der Waals surface area (Å²) in [7, 11) is 0. The lowest BCUT2D eigenvalue weighted by molar-refractivity contribution is -0.132. The van der Waals surface area contributed by atoms with Crippen molar-refractivity contribution in [3.05, 3.63) is 100 Å². The Hall–Kier alpha value is -3.57. The molecule has 32 heavy (non-hydrogen) atoms. The minimum Gasteiger partial charge on any atom is -0.507 e. The van der Waals surface area contributed by atoms with Gasteiger partial charge < -0.3 is 9.84 Å². The van der Waals surface area contributed by atoms with Crippen molar-refractivity contribution in [3.63, 3.8) is 0 Å². The third kappa shape index (κ3) is 3.45. The smallest absolute Gasteiger partial charge is 0.300 e. The fourth-order valence-corrected chi connectivity index (χ4v) is 4.44. The van der Waals surface area contributed by atoms with Crippen LogP contribution in [-0.2, 0) is 16.0 Å². The van der Waals surface area contributed by atoms with Gasteiger partial charge in [-0.2, -0.15) is 0 Å². The van der Waals surface area contributed by atoms with Crippen LogP contribution in [0.3, 0.4) is 0 Å². The zero-order valence-electron chi connectivity index (χ0n) is 17.1. The number of carbonyl (C=O) groups excluding carboxylic acids is 2. The summed E-state index contributed by atoms with van der Waals surface area (Å²) in [5.41, 5.74) is 2.77. The summed E-state index contributed by atoms with van der Waals surface area (Å²) in [6.45, 7) is 0.664. The number of ether oxygens (including phenoxy) is 1. The fourth-order valence-electron chi connectivity index (χ4n) is 4.31. The average molecular weight is 446 g/mol. The fraction of sp³-hybridized carbons (Fsp3) is 0.154. The zero-order chi connectivity index (χ0) is 22.2. The molecule has 0 saturated carbocycles. The third-order valence-electron chi connectivity index (χ3n) is 5.85. The van der Waals surface area contributed by atoms with Crippen LogP contribution in [0.4, 0.5) is 5.69 Å². The molecule has 5 rings (SSSR count). The summed E-state index contributed by atoms with van der Waals surface area (Å²) in [5.74, 6) is -0.818. The Labute approximate surface area is 190 Å². The molecule has 1 N–H and O–H groups in total. The lowest BCUT2D eigenvalue weighted by Gasteiger charge is -2.25. The van der Waals surface area contributed by atoms with Gasteiger partial charge in [0.2, 0.25) is 0 Å². The van der Waals surface area contributed by atoms with E-state index in [0.29, 0.717) is 28.4 Å². The minimum atomic E-state index is -0.776. The topological polar surface area (TPSA) is 66.8 Å². The molecule has 1 saturated heterocycles. The summed E-state index contributed by atoms with van der Waals surface area (Å²) in [5, 5.41) is 11.8. The summed E-state index contributed by atoms with van der Waals surface area (Å²) in [6.07, 6.45) is 1.72. The maximum Gasteiger partial charge on any atom is 0.300 e. The lowest BCUT2D eigenvalue weighted by atomic mass is 9.94. The highest BCUT2D eigenvalue weighted by Gasteiger charge is 2.46. The monoisotopic (exact) mass is 445 g/mol. The third-order valence-corrected chi connectivity index (χ3v) is 6.10. The van der Waals surface area contributed by atoms with Crippen molar-refractivity contribution in [3.8, 4) is 5.75 Å². The highest BCUT2D eigenvalue weighted by Crippen LogP contribution is 2.42. The van der Waals surface area contributed by atoms with Crippen LogP contribution in [0.25, 0.3) is 5.76 Å². The molecule has 5 nitrogen and oxygen atoms in total. The molecule has 2 aliphatic rings. The first-order chi connectivity index (χ1) is 15.5. The van der Waals surface area contributed by atoms with Gasteiger partial charge in [-0.05, 0) is 66.4 Å². The summed E-state index contributed by atoms with van der Waals surface area (Å²) >= 11 is 6.07. The van der Waals surface area contributed by atoms with Crippen LogP contribution >= 0.6 is 11.6 Å². The van der Waals surface area contributed by atoms with Crippen LogP contribution in [0.5, 0.6) is 5.75 Å². The van der Waals surface area contributed by atoms with Crippen LogP contribution in [0.15, 0.2) is 78.4 Å². The van der Waals surface area contributed by atoms with Gasteiger partial charge >= 0.3 is 0 Å². The van der Waals surface area contributed by atoms with Gasteiger partial charge in [0.25, 0.3) is 11.7 Å². The zero-order valence-corrected chi connectivity index (χ0v) is 17.9. The second-order valence-corrected chi connectivity index (χ2v) is 8.27. The Bertz CT molecular complexity index is 1230. The largest absolute Gasteiger partial charge is 0.507 e. The Morgan fingerprint density at radius 2 is 1.75 bits per heavy atom. The van der Waals surface area contributed by atoms with Crippen molar-refractivity contribution in [1.29, 1.82) is 0 Å². The number of carbonyl (C=O) groups is 2. The molecule has 1 unspecified atom stereocenters. The van der Waals surface area contributed by atoms with E-state index in [9.17, 15) is 14.7 Å². The predicted octanol–water partition coefficient (Wildman–Crippen LogP) is 5.29. The normalized spacial score (nSPS) is 19.5. The molecule has 3 aromatic carbocycles. The van der Waals surface area contributed by atoms with Gasteiger partial charge in [0.05, 0.1) is 18.2 Å². The van der Waals surface area contributed by atoms with Gasteiger partial charge in [0, 0.05) is 16.3 Å². The number of nitrogens with zero attached hydrogens (tertiary/aromatic N) is 1. The average Bonchev–Trinajstić information content (AvgIpc) is 3.09. The molecule has 0 aromatic heterocycles. The molecule has 160 valence electrons. The summed E-state index contributed by atoms with van der Waals surface area (Å²) in [6, 6.07) is 20.5. The number of benzene rings is 3. The van der Waals surface area contributed by atoms with E-state index in [0.717, 1.165) is 24.2 Å². The van der Waals surface area contributed by atoms with Crippen molar-refractivity contribution in [2.75, 3.05) is 11.5 Å². The number of ketones is 1. The van der Waals surface area contributed by atoms with Crippen molar-refractivity contribution in [2.24, 2.45) is 0 Å². The van der Waals surface area contributed by atoms with Crippen LogP contribution in [0.1, 0.15) is 29.2 Å². The van der Waals surface area contributed by atoms with Crippen LogP contribution in [0.2, 0.25) is 5.02 Å². The number of rotatable bonds is 3. The van der Waals surface area contributed by atoms with Crippen molar-refractivity contribution >= 4 is 34.7 Å². The second-order valence-electron chi connectivity index (χ2n) is 7.83. The first-order valence-electron chi connectivity index (χ1n) is 10.4. The van der Waals surface area contributed by atoms with Gasteiger partial charge in [0.1, 0.15) is 11.5 Å². The molecule has 0 aliphatic carbocycles. The first-order valence-corrected chi connectivity index (χ1v) is 10.8. The number of amides is 1. The van der Waals surface area contributed by atoms with E-state index in [1.807, 2.05) is 12.1 Å². The number of aliphatic hydroxyl groups excluding tert-OH is 1. The molecule has 0 spiro atoms. The highest BCUT2D eigenvalue weighted by atomic mass is 35.5. The first kappa shape index (κ1) is 20.3. The van der Waals surface area contributed by atoms with Crippen LogP contribution in [0, 0.1) is 0 Å². The Kier molecular flexibility index (Phi) is 5.19. The highest BCUT2D eigenvalue weighted by molar-refractivity contribution is 6.51. The summed E-state index contributed by atoms with van der Waals surface area (Å²) < 4.78 is 5.66. The molecule has 1 atom stereocenters. The van der Waals surface area contributed by atoms with Gasteiger partial charge in [0.15, 0.2) is 0 Å². The molecular formula is C26H20ClNO4. The van der Waals surface area contributed by atoms with Crippen LogP contribution in [-0.4, -0.2) is 23.4 Å². The molecule has 3 aromatic rings. The van der Waals surface area contributed by atoms with Crippen LogP contribution < -0.4 is 9.64 Å². The van der Waals surface area contributed by atoms with E-state index in [2.05, 4.69) is 0 Å². The van der Waals surface area contributed by atoms with E-state index >= 15 is 0 Å². The number of hydrogen-bond donors (Lipinski definition) is 1. The number of fused-ring (bicyclic) bond motifs is 1. The minimum absolute atomic E-state index is 0.0536. The molecule has 1 amide bonds. The predicted molar refractivity (Wildman–Crippen MR) is 123 cm³/mol. The van der Waals surface area contributed by atoms with Gasteiger partial charge in [-0.25, -0.2) is 0 Å². The summed E-state index contributed by atoms with van der Waals surface area (Å²) in [4.78, 5) is 27.7. The van der Waals surface area contributed by atoms with Gasteiger partial charge in [-0.15, -0.1) is 0 Å². The van der Waals surface area contributed by atoms with Gasteiger partial charge in [-0.1, -0.05) is 41.9 Å². The van der Waals surface area contributed by atoms with E-state index in [-0.39, 0.29) is 11.3 Å². The van der Waals surface area contributed by atoms with Crippen molar-refractivity contribution in [1.82, 2.24) is 0 Å². The van der Waals surface area contributed by atoms with Crippen molar-refractivity contribution < 1.29 is 19.4 Å². The molecule has 6 heteroatoms. The number of hydrogen-bond acceptors (Lipinski definition) is 4. The maximum atomic E-state index is 13.2. The number of Topliss-reactive ketones (excluding diaryl/α,β-unsaturated/α-hetero) is 1. The molecule has 1 fully saturated rings. The lowest BCUT2D eigenvalue weighted by Crippen LogP contribution is -2.29.